The Hall–Kier alpha value is -1.74. The van der Waals surface area contributed by atoms with Crippen molar-refractivity contribution in [3.05, 3.63) is 23.1 Å². The Morgan fingerprint density at radius 2 is 2.15 bits per heavy atom. The number of methoxy groups -OCH3 is 1. The highest BCUT2D eigenvalue weighted by molar-refractivity contribution is 5.92. The summed E-state index contributed by atoms with van der Waals surface area (Å²) in [5.74, 6) is -1.06. The van der Waals surface area contributed by atoms with E-state index >= 15 is 0 Å². The molecule has 0 spiro atoms. The smallest absolute Gasteiger partial charge is 0.389 e. The number of rotatable bonds is 6. The molecule has 1 fully saturated rings. The molecule has 2 atom stereocenters. The number of aliphatic carboxylic acids is 1. The molecule has 0 aromatic rings. The third-order valence-corrected chi connectivity index (χ3v) is 4.61. The Balaban J connectivity index is 2.33. The molecule has 1 N–H and O–H groups in total. The molecule has 0 aromatic heterocycles. The lowest BCUT2D eigenvalue weighted by Gasteiger charge is -2.46. The monoisotopic (exact) mass is 378 g/mol. The zero-order valence-electron chi connectivity index (χ0n) is 15.2. The molecule has 2 rings (SSSR count). The molecule has 0 bridgehead atoms. The van der Waals surface area contributed by atoms with Crippen molar-refractivity contribution in [3.63, 3.8) is 0 Å². The molecule has 0 amide bonds. The van der Waals surface area contributed by atoms with E-state index in [0.29, 0.717) is 25.3 Å². The second-order valence-corrected chi connectivity index (χ2v) is 6.53. The highest BCUT2D eigenvalue weighted by Gasteiger charge is 2.38. The predicted octanol–water partition coefficient (Wildman–Crippen LogP) is 2.58. The summed E-state index contributed by atoms with van der Waals surface area (Å²) >= 11 is 0. The minimum absolute atomic E-state index is 0.0170. The van der Waals surface area contributed by atoms with Gasteiger partial charge in [0.25, 0.3) is 0 Å². The van der Waals surface area contributed by atoms with Crippen LogP contribution in [0.1, 0.15) is 26.7 Å². The summed E-state index contributed by atoms with van der Waals surface area (Å²) in [6, 6.07) is 0.0485. The summed E-state index contributed by atoms with van der Waals surface area (Å²) < 4.78 is 48.5. The maximum atomic E-state index is 12.6. The van der Waals surface area contributed by atoms with Crippen molar-refractivity contribution in [2.45, 2.75) is 45.1 Å². The van der Waals surface area contributed by atoms with Crippen LogP contribution in [0.15, 0.2) is 23.1 Å². The first-order valence-corrected chi connectivity index (χ1v) is 8.53. The van der Waals surface area contributed by atoms with Gasteiger partial charge in [-0.1, -0.05) is 0 Å². The molecule has 0 radical (unpaired) electrons. The van der Waals surface area contributed by atoms with E-state index in [1.54, 1.807) is 17.9 Å². The minimum atomic E-state index is -4.25. The van der Waals surface area contributed by atoms with E-state index in [9.17, 15) is 23.1 Å². The first-order valence-electron chi connectivity index (χ1n) is 8.53. The van der Waals surface area contributed by atoms with Gasteiger partial charge in [0.15, 0.2) is 0 Å². The number of morpholine rings is 1. The number of alkyl halides is 3. The number of carboxylic acid groups (broad SMARTS) is 1. The third kappa shape index (κ3) is 4.70. The molecule has 26 heavy (non-hydrogen) atoms. The maximum absolute atomic E-state index is 12.6. The van der Waals surface area contributed by atoms with Crippen LogP contribution in [0.3, 0.4) is 0 Å². The third-order valence-electron chi connectivity index (χ3n) is 4.61. The predicted molar refractivity (Wildman–Crippen MR) is 88.2 cm³/mol. The van der Waals surface area contributed by atoms with Crippen molar-refractivity contribution >= 4 is 5.97 Å². The molecule has 1 saturated heterocycles. The van der Waals surface area contributed by atoms with E-state index < -0.39 is 18.6 Å². The van der Waals surface area contributed by atoms with Gasteiger partial charge in [-0.15, -0.1) is 0 Å². The summed E-state index contributed by atoms with van der Waals surface area (Å²) in [5.41, 5.74) is 0.516. The second-order valence-electron chi connectivity index (χ2n) is 6.53. The van der Waals surface area contributed by atoms with Crippen molar-refractivity contribution < 1.29 is 32.5 Å². The van der Waals surface area contributed by atoms with Crippen LogP contribution in [0.4, 0.5) is 13.2 Å². The largest absolute Gasteiger partial charge is 0.482 e. The number of ether oxygens (including phenoxy) is 2. The lowest BCUT2D eigenvalue weighted by atomic mass is 10.0. The number of halogens is 3. The minimum Gasteiger partial charge on any atom is -0.482 e. The summed E-state index contributed by atoms with van der Waals surface area (Å²) in [4.78, 5) is 15.4. The Labute approximate surface area is 150 Å². The first-order chi connectivity index (χ1) is 12.2. The molecule has 2 aliphatic heterocycles. The van der Waals surface area contributed by atoms with E-state index in [2.05, 4.69) is 4.90 Å². The first kappa shape index (κ1) is 20.6. The van der Waals surface area contributed by atoms with Gasteiger partial charge in [-0.25, -0.2) is 4.79 Å². The van der Waals surface area contributed by atoms with Crippen LogP contribution in [0.2, 0.25) is 0 Å². The SMILES string of the molecule is COC1=C(C(=O)O)C(C)=CC(N2CCOC[C@H]2C)N1CCCC(F)(F)F. The molecular formula is C17H25F3N2O4. The Morgan fingerprint density at radius 3 is 2.69 bits per heavy atom. The van der Waals surface area contributed by atoms with E-state index in [4.69, 9.17) is 9.47 Å². The lowest BCUT2D eigenvalue weighted by molar-refractivity contribution is -0.138. The fourth-order valence-corrected chi connectivity index (χ4v) is 3.40. The quantitative estimate of drug-likeness (QED) is 0.767. The van der Waals surface area contributed by atoms with Crippen molar-refractivity contribution in [2.24, 2.45) is 0 Å². The highest BCUT2D eigenvalue weighted by atomic mass is 19.4. The molecule has 0 saturated carbocycles. The molecule has 9 heteroatoms. The molecule has 6 nitrogen and oxygen atoms in total. The van der Waals surface area contributed by atoms with Gasteiger partial charge in [-0.3, -0.25) is 4.90 Å². The fourth-order valence-electron chi connectivity index (χ4n) is 3.40. The van der Waals surface area contributed by atoms with Crippen molar-refractivity contribution in [1.82, 2.24) is 9.80 Å². The Morgan fingerprint density at radius 1 is 1.46 bits per heavy atom. The average Bonchev–Trinajstić information content (AvgIpc) is 2.54. The molecule has 0 aliphatic carbocycles. The van der Waals surface area contributed by atoms with Gasteiger partial charge >= 0.3 is 12.1 Å². The van der Waals surface area contributed by atoms with Crippen LogP contribution in [0, 0.1) is 0 Å². The lowest BCUT2D eigenvalue weighted by Crippen LogP contribution is -2.56. The van der Waals surface area contributed by atoms with E-state index in [1.165, 1.54) is 7.11 Å². The fraction of sp³-hybridized carbons (Fsp3) is 0.706. The van der Waals surface area contributed by atoms with E-state index in [-0.39, 0.29) is 36.6 Å². The standard InChI is InChI=1S/C17H25F3N2O4/c1-11-9-13(21-7-8-26-10-12(21)2)22(6-4-5-17(18,19)20)15(25-3)14(11)16(23)24/h9,12-13H,4-8,10H2,1-3H3,(H,23,24)/t12-,13?/m1/s1. The average molecular weight is 378 g/mol. The number of carbonyl (C=O) groups is 1. The van der Waals surface area contributed by atoms with E-state index in [0.717, 1.165) is 0 Å². The van der Waals surface area contributed by atoms with Crippen LogP contribution in [-0.2, 0) is 14.3 Å². The summed E-state index contributed by atoms with van der Waals surface area (Å²) in [7, 11) is 1.34. The zero-order chi connectivity index (χ0) is 19.5. The van der Waals surface area contributed by atoms with Gasteiger partial charge in [-0.2, -0.15) is 13.2 Å². The topological polar surface area (TPSA) is 62.2 Å². The summed E-state index contributed by atoms with van der Waals surface area (Å²) in [6.45, 7) is 5.31. The number of nitrogens with zero attached hydrogens (tertiary/aromatic N) is 2. The molecule has 0 aromatic carbocycles. The number of carboxylic acids is 1. The van der Waals surface area contributed by atoms with Crippen molar-refractivity contribution in [1.29, 1.82) is 0 Å². The van der Waals surface area contributed by atoms with Crippen LogP contribution in [0.5, 0.6) is 0 Å². The highest BCUT2D eigenvalue weighted by Crippen LogP contribution is 2.32. The van der Waals surface area contributed by atoms with Crippen LogP contribution in [0.25, 0.3) is 0 Å². The number of hydrogen-bond donors (Lipinski definition) is 1. The van der Waals surface area contributed by atoms with E-state index in [1.807, 2.05) is 6.92 Å². The molecule has 1 unspecified atom stereocenters. The molecular weight excluding hydrogens is 353 g/mol. The molecule has 148 valence electrons. The van der Waals surface area contributed by atoms with Gasteiger partial charge in [0.2, 0.25) is 5.88 Å². The van der Waals surface area contributed by atoms with Gasteiger partial charge in [0.1, 0.15) is 11.7 Å². The van der Waals surface area contributed by atoms with Gasteiger partial charge in [0.05, 0.1) is 20.3 Å². The normalized spacial score (nSPS) is 25.3. The Kier molecular flexibility index (Phi) is 6.57. The zero-order valence-corrected chi connectivity index (χ0v) is 15.2. The molecule has 2 aliphatic rings. The molecule has 2 heterocycles. The van der Waals surface area contributed by atoms with Crippen LogP contribution in [-0.4, -0.2) is 72.7 Å². The van der Waals surface area contributed by atoms with Gasteiger partial charge in [0, 0.05) is 25.6 Å². The van der Waals surface area contributed by atoms with Crippen LogP contribution >= 0.6 is 0 Å². The number of hydrogen-bond acceptors (Lipinski definition) is 5. The van der Waals surface area contributed by atoms with Crippen LogP contribution < -0.4 is 0 Å². The van der Waals surface area contributed by atoms with Crippen molar-refractivity contribution in [2.75, 3.05) is 33.4 Å². The van der Waals surface area contributed by atoms with Gasteiger partial charge in [-0.05, 0) is 31.9 Å². The summed E-state index contributed by atoms with van der Waals surface area (Å²) in [6.07, 6.45) is -3.93. The summed E-state index contributed by atoms with van der Waals surface area (Å²) in [5, 5.41) is 9.51. The van der Waals surface area contributed by atoms with Crippen molar-refractivity contribution in [3.8, 4) is 0 Å². The Bertz CT molecular complexity index is 589. The second kappa shape index (κ2) is 8.30. The maximum Gasteiger partial charge on any atom is 0.389 e. The van der Waals surface area contributed by atoms with Gasteiger partial charge < -0.3 is 19.5 Å².